The van der Waals surface area contributed by atoms with Crippen LogP contribution in [0.1, 0.15) is 23.2 Å². The second kappa shape index (κ2) is 6.61. The van der Waals surface area contributed by atoms with Crippen LogP contribution in [0, 0.1) is 0 Å². The highest BCUT2D eigenvalue weighted by Gasteiger charge is 2.20. The number of nitrogens with one attached hydrogen (secondary N) is 2. The van der Waals surface area contributed by atoms with Crippen molar-refractivity contribution in [2.45, 2.75) is 18.9 Å². The Kier molecular flexibility index (Phi) is 4.15. The average molecular weight is 335 g/mol. The number of nitrogens with zero attached hydrogens (tertiary/aromatic N) is 1. The summed E-state index contributed by atoms with van der Waals surface area (Å²) in [6.45, 7) is 1.59. The van der Waals surface area contributed by atoms with Gasteiger partial charge in [-0.1, -0.05) is 12.1 Å². The zero-order valence-electron chi connectivity index (χ0n) is 13.9. The molecule has 3 aromatic rings. The molecule has 0 aliphatic carbocycles. The Balaban J connectivity index is 1.56. The van der Waals surface area contributed by atoms with E-state index in [9.17, 15) is 9.90 Å². The summed E-state index contributed by atoms with van der Waals surface area (Å²) in [7, 11) is 0. The molecule has 4 rings (SSSR count). The molecule has 1 aliphatic heterocycles. The number of aliphatic hydroxyl groups is 1. The Hall–Kier alpha value is -2.79. The van der Waals surface area contributed by atoms with Crippen molar-refractivity contribution in [2.75, 3.05) is 23.3 Å². The summed E-state index contributed by atoms with van der Waals surface area (Å²) in [5.41, 5.74) is 3.46. The van der Waals surface area contributed by atoms with Crippen LogP contribution in [0.3, 0.4) is 0 Å². The van der Waals surface area contributed by atoms with Crippen molar-refractivity contribution < 1.29 is 9.90 Å². The summed E-state index contributed by atoms with van der Waals surface area (Å²) >= 11 is 0. The third-order valence-corrected chi connectivity index (χ3v) is 4.77. The summed E-state index contributed by atoms with van der Waals surface area (Å²) in [6.07, 6.45) is 3.16. The Morgan fingerprint density at radius 3 is 2.76 bits per heavy atom. The fourth-order valence-corrected chi connectivity index (χ4v) is 3.35. The van der Waals surface area contributed by atoms with E-state index in [2.05, 4.69) is 15.2 Å². The van der Waals surface area contributed by atoms with Crippen LogP contribution in [0.4, 0.5) is 11.4 Å². The number of fused-ring (bicyclic) bond motifs is 1. The highest BCUT2D eigenvalue weighted by molar-refractivity contribution is 6.07. The summed E-state index contributed by atoms with van der Waals surface area (Å²) in [5.74, 6) is -0.118. The number of rotatable bonds is 3. The van der Waals surface area contributed by atoms with Crippen LogP contribution < -0.4 is 10.2 Å². The van der Waals surface area contributed by atoms with E-state index in [-0.39, 0.29) is 12.0 Å². The number of piperidine rings is 1. The molecule has 128 valence electrons. The molecule has 1 aromatic heterocycles. The van der Waals surface area contributed by atoms with Crippen LogP contribution in [0.2, 0.25) is 0 Å². The molecular weight excluding hydrogens is 314 g/mol. The van der Waals surface area contributed by atoms with Crippen LogP contribution in [0.15, 0.2) is 54.7 Å². The number of carbonyl (C=O) groups is 1. The number of para-hydroxylation sites is 2. The normalized spacial score (nSPS) is 15.5. The Morgan fingerprint density at radius 1 is 1.12 bits per heavy atom. The van der Waals surface area contributed by atoms with Crippen molar-refractivity contribution >= 4 is 28.2 Å². The van der Waals surface area contributed by atoms with E-state index in [0.717, 1.165) is 48.2 Å². The third kappa shape index (κ3) is 3.23. The molecule has 0 spiro atoms. The van der Waals surface area contributed by atoms with E-state index >= 15 is 0 Å². The standard InChI is InChI=1S/C20H21N3O2/c24-16-8-11-23(12-9-16)19-4-2-1-3-18(19)22-20(25)15-5-6-17-14(13-15)7-10-21-17/h1-7,10,13,16,21,24H,8-9,11-12H2,(H,22,25). The van der Waals surface area contributed by atoms with Crippen molar-refractivity contribution in [3.63, 3.8) is 0 Å². The van der Waals surface area contributed by atoms with Crippen molar-refractivity contribution in [3.8, 4) is 0 Å². The van der Waals surface area contributed by atoms with Crippen molar-refractivity contribution in [1.29, 1.82) is 0 Å². The molecular formula is C20H21N3O2. The highest BCUT2D eigenvalue weighted by atomic mass is 16.3. The quantitative estimate of drug-likeness (QED) is 0.687. The molecule has 0 atom stereocenters. The Labute approximate surface area is 146 Å². The largest absolute Gasteiger partial charge is 0.393 e. The van der Waals surface area contributed by atoms with Gasteiger partial charge in [0.2, 0.25) is 0 Å². The van der Waals surface area contributed by atoms with E-state index in [4.69, 9.17) is 0 Å². The fraction of sp³-hybridized carbons (Fsp3) is 0.250. The van der Waals surface area contributed by atoms with Gasteiger partial charge in [-0.3, -0.25) is 4.79 Å². The van der Waals surface area contributed by atoms with Gasteiger partial charge < -0.3 is 20.3 Å². The van der Waals surface area contributed by atoms with Gasteiger partial charge >= 0.3 is 0 Å². The van der Waals surface area contributed by atoms with Gasteiger partial charge in [-0.05, 0) is 49.2 Å². The monoisotopic (exact) mass is 335 g/mol. The van der Waals surface area contributed by atoms with E-state index in [0.29, 0.717) is 5.56 Å². The molecule has 5 nitrogen and oxygen atoms in total. The summed E-state index contributed by atoms with van der Waals surface area (Å²) < 4.78 is 0. The first-order valence-electron chi connectivity index (χ1n) is 8.61. The molecule has 0 bridgehead atoms. The van der Waals surface area contributed by atoms with Crippen LogP contribution >= 0.6 is 0 Å². The SMILES string of the molecule is O=C(Nc1ccccc1N1CCC(O)CC1)c1ccc2[nH]ccc2c1. The highest BCUT2D eigenvalue weighted by Crippen LogP contribution is 2.29. The van der Waals surface area contributed by atoms with Crippen molar-refractivity contribution in [2.24, 2.45) is 0 Å². The van der Waals surface area contributed by atoms with Gasteiger partial charge in [0.05, 0.1) is 17.5 Å². The Morgan fingerprint density at radius 2 is 1.92 bits per heavy atom. The maximum Gasteiger partial charge on any atom is 0.255 e. The van der Waals surface area contributed by atoms with Gasteiger partial charge in [0, 0.05) is 35.8 Å². The van der Waals surface area contributed by atoms with Crippen LogP contribution in [0.5, 0.6) is 0 Å². The van der Waals surface area contributed by atoms with E-state index in [1.165, 1.54) is 0 Å². The molecule has 1 fully saturated rings. The molecule has 1 saturated heterocycles. The molecule has 0 radical (unpaired) electrons. The Bertz CT molecular complexity index is 895. The predicted molar refractivity (Wildman–Crippen MR) is 100 cm³/mol. The molecule has 3 N–H and O–H groups in total. The fourth-order valence-electron chi connectivity index (χ4n) is 3.35. The number of carbonyl (C=O) groups excluding carboxylic acids is 1. The number of H-pyrrole nitrogens is 1. The number of benzene rings is 2. The number of amides is 1. The third-order valence-electron chi connectivity index (χ3n) is 4.77. The number of aromatic amines is 1. The van der Waals surface area contributed by atoms with Gasteiger partial charge in [-0.2, -0.15) is 0 Å². The number of hydrogen-bond acceptors (Lipinski definition) is 3. The lowest BCUT2D eigenvalue weighted by Gasteiger charge is -2.32. The molecule has 1 amide bonds. The van der Waals surface area contributed by atoms with Crippen LogP contribution in [-0.2, 0) is 0 Å². The lowest BCUT2D eigenvalue weighted by atomic mass is 10.1. The first-order chi connectivity index (χ1) is 12.2. The summed E-state index contributed by atoms with van der Waals surface area (Å²) in [5, 5.41) is 13.8. The maximum absolute atomic E-state index is 12.7. The zero-order chi connectivity index (χ0) is 17.2. The summed E-state index contributed by atoms with van der Waals surface area (Å²) in [4.78, 5) is 18.0. The molecule has 2 heterocycles. The smallest absolute Gasteiger partial charge is 0.255 e. The predicted octanol–water partition coefficient (Wildman–Crippen LogP) is 3.38. The topological polar surface area (TPSA) is 68.4 Å². The van der Waals surface area contributed by atoms with Crippen LogP contribution in [-0.4, -0.2) is 35.2 Å². The summed E-state index contributed by atoms with van der Waals surface area (Å²) in [6, 6.07) is 15.4. The number of anilines is 2. The van der Waals surface area contributed by atoms with Gasteiger partial charge in [0.1, 0.15) is 0 Å². The molecule has 1 aliphatic rings. The van der Waals surface area contributed by atoms with Crippen molar-refractivity contribution in [3.05, 3.63) is 60.3 Å². The minimum Gasteiger partial charge on any atom is -0.393 e. The first kappa shape index (κ1) is 15.7. The van der Waals surface area contributed by atoms with Gasteiger partial charge in [-0.25, -0.2) is 0 Å². The average Bonchev–Trinajstić information content (AvgIpc) is 3.11. The lowest BCUT2D eigenvalue weighted by Crippen LogP contribution is -2.36. The van der Waals surface area contributed by atoms with Crippen LogP contribution in [0.25, 0.3) is 10.9 Å². The van der Waals surface area contributed by atoms with Crippen molar-refractivity contribution in [1.82, 2.24) is 4.98 Å². The molecule has 0 saturated carbocycles. The first-order valence-corrected chi connectivity index (χ1v) is 8.61. The lowest BCUT2D eigenvalue weighted by molar-refractivity contribution is 0.102. The molecule has 5 heteroatoms. The number of hydrogen-bond donors (Lipinski definition) is 3. The van der Waals surface area contributed by atoms with E-state index in [1.54, 1.807) is 0 Å². The molecule has 2 aromatic carbocycles. The van der Waals surface area contributed by atoms with Gasteiger partial charge in [0.15, 0.2) is 0 Å². The van der Waals surface area contributed by atoms with E-state index < -0.39 is 0 Å². The minimum absolute atomic E-state index is 0.118. The molecule has 0 unspecified atom stereocenters. The van der Waals surface area contributed by atoms with E-state index in [1.807, 2.05) is 54.7 Å². The molecule has 25 heavy (non-hydrogen) atoms. The number of aromatic nitrogens is 1. The van der Waals surface area contributed by atoms with Gasteiger partial charge in [0.25, 0.3) is 5.91 Å². The zero-order valence-corrected chi connectivity index (χ0v) is 13.9. The van der Waals surface area contributed by atoms with Gasteiger partial charge in [-0.15, -0.1) is 0 Å². The maximum atomic E-state index is 12.7. The number of aliphatic hydroxyl groups excluding tert-OH is 1. The second-order valence-electron chi connectivity index (χ2n) is 6.47. The second-order valence-corrected chi connectivity index (χ2v) is 6.47. The minimum atomic E-state index is -0.217.